The average Bonchev–Trinajstić information content (AvgIpc) is 3.37. The number of sulfonamides is 1. The highest BCUT2D eigenvalue weighted by Gasteiger charge is 2.26. The Bertz CT molecular complexity index is 1480. The molecule has 0 saturated carbocycles. The molecule has 0 spiro atoms. The Morgan fingerprint density at radius 2 is 1.64 bits per heavy atom. The smallest absolute Gasteiger partial charge is 0.260 e. The first-order valence-corrected chi connectivity index (χ1v) is 14.9. The standard InChI is InChI=1S/C28H32N4O5S2/c1-5-14-31(15-6-2)39(34,35)22-11-9-21(10-12-22)27(33)32(19-20-8-7-13-29-18-20)28-30-23-16-24(36-3)25(37-4)17-26(23)38-28/h7-13,16-18H,5-6,14-15,19H2,1-4H3. The quantitative estimate of drug-likeness (QED) is 0.227. The van der Waals surface area contributed by atoms with Crippen LogP contribution in [0, 0.1) is 0 Å². The van der Waals surface area contributed by atoms with Crippen molar-refractivity contribution in [2.24, 2.45) is 0 Å². The van der Waals surface area contributed by atoms with Crippen LogP contribution in [0.25, 0.3) is 10.2 Å². The molecule has 0 atom stereocenters. The maximum absolute atomic E-state index is 13.8. The Morgan fingerprint density at radius 1 is 0.974 bits per heavy atom. The first kappa shape index (κ1) is 28.5. The number of fused-ring (bicyclic) bond motifs is 1. The minimum atomic E-state index is -3.65. The summed E-state index contributed by atoms with van der Waals surface area (Å²) in [7, 11) is -0.528. The van der Waals surface area contributed by atoms with Crippen molar-refractivity contribution in [1.29, 1.82) is 0 Å². The first-order valence-electron chi connectivity index (χ1n) is 12.7. The van der Waals surface area contributed by atoms with E-state index in [-0.39, 0.29) is 17.3 Å². The third-order valence-corrected chi connectivity index (χ3v) is 9.06. The van der Waals surface area contributed by atoms with Gasteiger partial charge in [0.15, 0.2) is 16.6 Å². The number of aromatic nitrogens is 2. The van der Waals surface area contributed by atoms with Gasteiger partial charge in [0.25, 0.3) is 5.91 Å². The number of anilines is 1. The van der Waals surface area contributed by atoms with E-state index in [0.717, 1.165) is 23.1 Å². The largest absolute Gasteiger partial charge is 0.493 e. The zero-order valence-electron chi connectivity index (χ0n) is 22.5. The van der Waals surface area contributed by atoms with Gasteiger partial charge in [0.2, 0.25) is 10.0 Å². The number of benzene rings is 2. The molecule has 0 radical (unpaired) electrons. The van der Waals surface area contributed by atoms with Crippen molar-refractivity contribution < 1.29 is 22.7 Å². The van der Waals surface area contributed by atoms with Crippen LogP contribution in [0.2, 0.25) is 0 Å². The highest BCUT2D eigenvalue weighted by atomic mass is 32.2. The third kappa shape index (κ3) is 6.21. The van der Waals surface area contributed by atoms with Crippen molar-refractivity contribution in [3.63, 3.8) is 0 Å². The normalized spacial score (nSPS) is 11.6. The van der Waals surface area contributed by atoms with Gasteiger partial charge in [0, 0.05) is 43.2 Å². The minimum Gasteiger partial charge on any atom is -0.493 e. The Hall–Kier alpha value is -3.54. The van der Waals surface area contributed by atoms with E-state index < -0.39 is 10.0 Å². The number of nitrogens with zero attached hydrogens (tertiary/aromatic N) is 4. The summed E-state index contributed by atoms with van der Waals surface area (Å²) in [5.41, 5.74) is 1.85. The maximum atomic E-state index is 13.8. The van der Waals surface area contributed by atoms with E-state index in [9.17, 15) is 13.2 Å². The minimum absolute atomic E-state index is 0.166. The van der Waals surface area contributed by atoms with E-state index in [1.165, 1.54) is 27.8 Å². The van der Waals surface area contributed by atoms with Crippen molar-refractivity contribution in [2.45, 2.75) is 38.1 Å². The van der Waals surface area contributed by atoms with Crippen LogP contribution in [0.5, 0.6) is 11.5 Å². The predicted octanol–water partition coefficient (Wildman–Crippen LogP) is 5.37. The molecule has 0 aliphatic heterocycles. The Morgan fingerprint density at radius 3 is 2.23 bits per heavy atom. The number of pyridine rings is 1. The molecule has 0 fully saturated rings. The molecule has 0 saturated heterocycles. The highest BCUT2D eigenvalue weighted by molar-refractivity contribution is 7.89. The number of methoxy groups -OCH3 is 2. The molecule has 1 amide bonds. The van der Waals surface area contributed by atoms with Gasteiger partial charge in [-0.05, 0) is 48.7 Å². The van der Waals surface area contributed by atoms with E-state index in [1.807, 2.05) is 32.0 Å². The van der Waals surface area contributed by atoms with Gasteiger partial charge in [-0.1, -0.05) is 31.3 Å². The van der Waals surface area contributed by atoms with Gasteiger partial charge in [0.05, 0.1) is 35.9 Å². The molecular formula is C28H32N4O5S2. The molecule has 11 heteroatoms. The summed E-state index contributed by atoms with van der Waals surface area (Å²) >= 11 is 1.35. The first-order chi connectivity index (χ1) is 18.8. The van der Waals surface area contributed by atoms with Crippen LogP contribution in [0.1, 0.15) is 42.6 Å². The van der Waals surface area contributed by atoms with E-state index >= 15 is 0 Å². The van der Waals surface area contributed by atoms with Gasteiger partial charge in [-0.2, -0.15) is 4.31 Å². The molecule has 0 aliphatic carbocycles. The van der Waals surface area contributed by atoms with E-state index in [4.69, 9.17) is 14.5 Å². The number of thiazole rings is 1. The summed E-state index contributed by atoms with van der Waals surface area (Å²) in [6, 6.07) is 13.4. The second-order valence-electron chi connectivity index (χ2n) is 8.85. The Labute approximate surface area is 233 Å². The molecule has 0 bridgehead atoms. The van der Waals surface area contributed by atoms with Crippen LogP contribution in [0.3, 0.4) is 0 Å². The molecule has 0 aliphatic rings. The fourth-order valence-corrected chi connectivity index (χ4v) is 6.78. The van der Waals surface area contributed by atoms with Crippen molar-refractivity contribution in [2.75, 3.05) is 32.2 Å². The van der Waals surface area contributed by atoms with Crippen LogP contribution in [0.4, 0.5) is 5.13 Å². The zero-order chi connectivity index (χ0) is 28.0. The van der Waals surface area contributed by atoms with Gasteiger partial charge in [0.1, 0.15) is 0 Å². The number of carbonyl (C=O) groups is 1. The topological polar surface area (TPSA) is 102 Å². The molecule has 4 aromatic rings. The predicted molar refractivity (Wildman–Crippen MR) is 153 cm³/mol. The summed E-state index contributed by atoms with van der Waals surface area (Å²) in [6.45, 7) is 5.03. The molecule has 206 valence electrons. The summed E-state index contributed by atoms with van der Waals surface area (Å²) in [5, 5.41) is 0.489. The van der Waals surface area contributed by atoms with Gasteiger partial charge >= 0.3 is 0 Å². The highest BCUT2D eigenvalue weighted by Crippen LogP contribution is 2.38. The number of amides is 1. The zero-order valence-corrected chi connectivity index (χ0v) is 24.1. The Balaban J connectivity index is 1.71. The second-order valence-corrected chi connectivity index (χ2v) is 11.8. The molecule has 0 unspecified atom stereocenters. The van der Waals surface area contributed by atoms with Crippen molar-refractivity contribution in [3.8, 4) is 11.5 Å². The molecule has 39 heavy (non-hydrogen) atoms. The monoisotopic (exact) mass is 568 g/mol. The lowest BCUT2D eigenvalue weighted by Gasteiger charge is -2.22. The number of carbonyl (C=O) groups excluding carboxylic acids is 1. The summed E-state index contributed by atoms with van der Waals surface area (Å²) in [6.07, 6.45) is 4.81. The number of hydrogen-bond donors (Lipinski definition) is 0. The van der Waals surface area contributed by atoms with Gasteiger partial charge in [-0.3, -0.25) is 14.7 Å². The van der Waals surface area contributed by atoms with Gasteiger partial charge in [-0.15, -0.1) is 0 Å². The third-order valence-electron chi connectivity index (χ3n) is 6.11. The number of rotatable bonds is 12. The summed E-state index contributed by atoms with van der Waals surface area (Å²) < 4.78 is 39.5. The fraction of sp³-hybridized carbons (Fsp3) is 0.321. The lowest BCUT2D eigenvalue weighted by atomic mass is 10.2. The second kappa shape index (κ2) is 12.5. The van der Waals surface area contributed by atoms with Crippen molar-refractivity contribution in [1.82, 2.24) is 14.3 Å². The number of ether oxygens (including phenoxy) is 2. The molecule has 9 nitrogen and oxygen atoms in total. The molecular weight excluding hydrogens is 536 g/mol. The molecule has 2 aromatic heterocycles. The SMILES string of the molecule is CCCN(CCC)S(=O)(=O)c1ccc(C(=O)N(Cc2cccnc2)c2nc3cc(OC)c(OC)cc3s2)cc1. The average molecular weight is 569 g/mol. The van der Waals surface area contributed by atoms with E-state index in [1.54, 1.807) is 49.7 Å². The van der Waals surface area contributed by atoms with Crippen LogP contribution in [-0.2, 0) is 16.6 Å². The molecule has 2 aromatic carbocycles. The maximum Gasteiger partial charge on any atom is 0.260 e. The van der Waals surface area contributed by atoms with E-state index in [0.29, 0.717) is 40.8 Å². The Kier molecular flexibility index (Phi) is 9.16. The molecule has 0 N–H and O–H groups in total. The van der Waals surface area contributed by atoms with Crippen LogP contribution in [0.15, 0.2) is 65.8 Å². The van der Waals surface area contributed by atoms with Crippen LogP contribution < -0.4 is 14.4 Å². The lowest BCUT2D eigenvalue weighted by Crippen LogP contribution is -2.33. The molecule has 2 heterocycles. The summed E-state index contributed by atoms with van der Waals surface area (Å²) in [5.74, 6) is 0.811. The van der Waals surface area contributed by atoms with Gasteiger partial charge in [-0.25, -0.2) is 13.4 Å². The summed E-state index contributed by atoms with van der Waals surface area (Å²) in [4.78, 5) is 24.5. The fourth-order valence-electron chi connectivity index (χ4n) is 4.18. The van der Waals surface area contributed by atoms with Crippen LogP contribution >= 0.6 is 11.3 Å². The lowest BCUT2D eigenvalue weighted by molar-refractivity contribution is 0.0985. The van der Waals surface area contributed by atoms with Crippen molar-refractivity contribution in [3.05, 3.63) is 72.1 Å². The molecule has 4 rings (SSSR count). The van der Waals surface area contributed by atoms with Crippen LogP contribution in [-0.4, -0.2) is 55.9 Å². The van der Waals surface area contributed by atoms with Crippen molar-refractivity contribution >= 4 is 42.6 Å². The van der Waals surface area contributed by atoms with E-state index in [2.05, 4.69) is 4.98 Å². The number of hydrogen-bond acceptors (Lipinski definition) is 8. The van der Waals surface area contributed by atoms with Gasteiger partial charge < -0.3 is 9.47 Å².